The van der Waals surface area contributed by atoms with Crippen molar-refractivity contribution in [2.45, 2.75) is 6.18 Å². The number of carbonyl (C=O) groups is 2. The van der Waals surface area contributed by atoms with Gasteiger partial charge in [0.15, 0.2) is 23.9 Å². The molecule has 0 radical (unpaired) electrons. The van der Waals surface area contributed by atoms with E-state index in [1.807, 2.05) is 0 Å². The molecular weight excluding hydrogens is 417 g/mol. The van der Waals surface area contributed by atoms with Crippen LogP contribution in [-0.2, 0) is 20.5 Å². The Kier molecular flexibility index (Phi) is 5.92. The van der Waals surface area contributed by atoms with Crippen LogP contribution in [-0.4, -0.2) is 30.3 Å². The van der Waals surface area contributed by atoms with Crippen molar-refractivity contribution in [3.63, 3.8) is 0 Å². The van der Waals surface area contributed by atoms with E-state index in [0.717, 1.165) is 6.08 Å². The third-order valence-electron chi connectivity index (χ3n) is 3.58. The molecule has 7 nitrogen and oxygen atoms in total. The number of nitrogens with one attached hydrogen (secondary N) is 1. The highest BCUT2D eigenvalue weighted by atomic mass is 35.5. The Labute approximate surface area is 167 Å². The predicted octanol–water partition coefficient (Wildman–Crippen LogP) is 3.68. The van der Waals surface area contributed by atoms with E-state index in [9.17, 15) is 22.8 Å². The molecular formula is C18H12ClF3N2O5. The van der Waals surface area contributed by atoms with Gasteiger partial charge in [-0.1, -0.05) is 17.7 Å². The van der Waals surface area contributed by atoms with Gasteiger partial charge in [0.2, 0.25) is 6.79 Å². The Morgan fingerprint density at radius 3 is 2.72 bits per heavy atom. The number of esters is 1. The Morgan fingerprint density at radius 1 is 1.24 bits per heavy atom. The van der Waals surface area contributed by atoms with Crippen molar-refractivity contribution in [3.8, 4) is 11.5 Å². The second kappa shape index (κ2) is 8.39. The number of alkyl halides is 3. The summed E-state index contributed by atoms with van der Waals surface area (Å²) in [7, 11) is 0. The lowest BCUT2D eigenvalue weighted by molar-refractivity contribution is -0.142. The first-order chi connectivity index (χ1) is 13.7. The van der Waals surface area contributed by atoms with E-state index in [0.29, 0.717) is 29.3 Å². The number of hydrogen-bond donors (Lipinski definition) is 1. The highest BCUT2D eigenvalue weighted by Crippen LogP contribution is 2.33. The van der Waals surface area contributed by atoms with Crippen molar-refractivity contribution in [1.29, 1.82) is 0 Å². The highest BCUT2D eigenvalue weighted by Gasteiger charge is 2.31. The van der Waals surface area contributed by atoms with E-state index >= 15 is 0 Å². The third kappa shape index (κ3) is 5.38. The SMILES string of the molecule is O=C(COC(=O)C=Cc1ccc2c(c1)OCO2)Nc1ncc(C(F)(F)F)cc1Cl. The first-order valence-corrected chi connectivity index (χ1v) is 8.37. The molecule has 0 spiro atoms. The Morgan fingerprint density at radius 2 is 2.00 bits per heavy atom. The van der Waals surface area contributed by atoms with Gasteiger partial charge >= 0.3 is 12.1 Å². The quantitative estimate of drug-likeness (QED) is 0.577. The van der Waals surface area contributed by atoms with Crippen LogP contribution in [0.5, 0.6) is 11.5 Å². The fourth-order valence-corrected chi connectivity index (χ4v) is 2.43. The van der Waals surface area contributed by atoms with Crippen LogP contribution in [0.15, 0.2) is 36.5 Å². The molecule has 2 heterocycles. The summed E-state index contributed by atoms with van der Waals surface area (Å²) in [6, 6.07) is 5.67. The minimum absolute atomic E-state index is 0.122. The average Bonchev–Trinajstić information content (AvgIpc) is 3.13. The minimum Gasteiger partial charge on any atom is -0.454 e. The Hall–Kier alpha value is -3.27. The molecule has 0 fully saturated rings. The van der Waals surface area contributed by atoms with Gasteiger partial charge in [-0.15, -0.1) is 0 Å². The third-order valence-corrected chi connectivity index (χ3v) is 3.87. The maximum Gasteiger partial charge on any atom is 0.417 e. The molecule has 1 amide bonds. The first kappa shape index (κ1) is 20.5. The van der Waals surface area contributed by atoms with E-state index in [1.165, 1.54) is 6.08 Å². The van der Waals surface area contributed by atoms with Gasteiger partial charge in [0.05, 0.1) is 10.6 Å². The van der Waals surface area contributed by atoms with Crippen molar-refractivity contribution in [2.24, 2.45) is 0 Å². The van der Waals surface area contributed by atoms with Gasteiger partial charge in [0.25, 0.3) is 5.91 Å². The van der Waals surface area contributed by atoms with E-state index in [-0.39, 0.29) is 12.6 Å². The van der Waals surface area contributed by atoms with E-state index in [4.69, 9.17) is 25.8 Å². The number of carbonyl (C=O) groups excluding carboxylic acids is 2. The van der Waals surface area contributed by atoms with Crippen molar-refractivity contribution < 1.29 is 37.0 Å². The van der Waals surface area contributed by atoms with Crippen LogP contribution in [0.3, 0.4) is 0 Å². The lowest BCUT2D eigenvalue weighted by Gasteiger charge is -2.10. The predicted molar refractivity (Wildman–Crippen MR) is 95.4 cm³/mol. The molecule has 29 heavy (non-hydrogen) atoms. The number of anilines is 1. The number of pyridine rings is 1. The number of rotatable bonds is 5. The fraction of sp³-hybridized carbons (Fsp3) is 0.167. The molecule has 11 heteroatoms. The maximum atomic E-state index is 12.6. The van der Waals surface area contributed by atoms with Gasteiger partial charge in [-0.05, 0) is 29.8 Å². The van der Waals surface area contributed by atoms with Gasteiger partial charge in [0.1, 0.15) is 0 Å². The molecule has 0 atom stereocenters. The van der Waals surface area contributed by atoms with Gasteiger partial charge in [-0.2, -0.15) is 13.2 Å². The summed E-state index contributed by atoms with van der Waals surface area (Å²) in [4.78, 5) is 27.0. The molecule has 0 unspecified atom stereocenters. The van der Waals surface area contributed by atoms with Crippen molar-refractivity contribution in [2.75, 3.05) is 18.7 Å². The number of aromatic nitrogens is 1. The number of ether oxygens (including phenoxy) is 3. The van der Waals surface area contributed by atoms with E-state index in [2.05, 4.69) is 10.3 Å². The van der Waals surface area contributed by atoms with Crippen LogP contribution < -0.4 is 14.8 Å². The van der Waals surface area contributed by atoms with Gasteiger partial charge in [-0.3, -0.25) is 4.79 Å². The van der Waals surface area contributed by atoms with Crippen LogP contribution in [0.2, 0.25) is 5.02 Å². The van der Waals surface area contributed by atoms with E-state index in [1.54, 1.807) is 18.2 Å². The molecule has 1 aromatic heterocycles. The molecule has 0 saturated heterocycles. The molecule has 152 valence electrons. The second-order valence-electron chi connectivity index (χ2n) is 5.65. The van der Waals surface area contributed by atoms with Gasteiger partial charge in [-0.25, -0.2) is 9.78 Å². The number of benzene rings is 1. The topological polar surface area (TPSA) is 86.8 Å². The van der Waals surface area contributed by atoms with Gasteiger partial charge < -0.3 is 19.5 Å². The number of nitrogens with zero attached hydrogens (tertiary/aromatic N) is 1. The highest BCUT2D eigenvalue weighted by molar-refractivity contribution is 6.33. The van der Waals surface area contributed by atoms with Crippen LogP contribution in [0.25, 0.3) is 6.08 Å². The first-order valence-electron chi connectivity index (χ1n) is 7.99. The van der Waals surface area contributed by atoms with Crippen LogP contribution in [0.4, 0.5) is 19.0 Å². The molecule has 1 aromatic carbocycles. The molecule has 0 aliphatic carbocycles. The van der Waals surface area contributed by atoms with Crippen LogP contribution >= 0.6 is 11.6 Å². The summed E-state index contributed by atoms with van der Waals surface area (Å²) in [5.74, 6) is -0.761. The molecule has 1 aliphatic heterocycles. The monoisotopic (exact) mass is 428 g/mol. The molecule has 0 saturated carbocycles. The largest absolute Gasteiger partial charge is 0.454 e. The van der Waals surface area contributed by atoms with Gasteiger partial charge in [0, 0.05) is 12.3 Å². The second-order valence-corrected chi connectivity index (χ2v) is 6.06. The molecule has 3 rings (SSSR count). The Bertz CT molecular complexity index is 978. The zero-order valence-corrected chi connectivity index (χ0v) is 15.2. The lowest BCUT2D eigenvalue weighted by atomic mass is 10.2. The summed E-state index contributed by atoms with van der Waals surface area (Å²) >= 11 is 5.68. The Balaban J connectivity index is 1.51. The maximum absolute atomic E-state index is 12.6. The average molecular weight is 429 g/mol. The number of amides is 1. The van der Waals surface area contributed by atoms with Crippen molar-refractivity contribution in [1.82, 2.24) is 4.98 Å². The van der Waals surface area contributed by atoms with Crippen molar-refractivity contribution in [3.05, 3.63) is 52.7 Å². The fourth-order valence-electron chi connectivity index (χ4n) is 2.22. The normalized spacial score (nSPS) is 12.8. The summed E-state index contributed by atoms with van der Waals surface area (Å²) in [5.41, 5.74) is -0.406. The number of halogens is 4. The summed E-state index contributed by atoms with van der Waals surface area (Å²) < 4.78 is 52.9. The standard InChI is InChI=1S/C18H12ClF3N2O5/c19-12-6-11(18(20,21)22)7-23-17(12)24-15(25)8-27-16(26)4-2-10-1-3-13-14(5-10)29-9-28-13/h1-7H,8-9H2,(H,23,24,25). The van der Waals surface area contributed by atoms with Crippen molar-refractivity contribution >= 4 is 35.4 Å². The lowest BCUT2D eigenvalue weighted by Crippen LogP contribution is -2.21. The summed E-state index contributed by atoms with van der Waals surface area (Å²) in [6.07, 6.45) is -1.52. The summed E-state index contributed by atoms with van der Waals surface area (Å²) in [5, 5.41) is 1.76. The molecule has 1 N–H and O–H groups in total. The number of fused-ring (bicyclic) bond motifs is 1. The molecule has 2 aromatic rings. The molecule has 0 bridgehead atoms. The van der Waals surface area contributed by atoms with Crippen LogP contribution in [0, 0.1) is 0 Å². The van der Waals surface area contributed by atoms with E-state index < -0.39 is 35.2 Å². The molecule has 1 aliphatic rings. The number of hydrogen-bond acceptors (Lipinski definition) is 6. The summed E-state index contributed by atoms with van der Waals surface area (Å²) in [6.45, 7) is -0.555. The zero-order valence-electron chi connectivity index (χ0n) is 14.5. The zero-order chi connectivity index (χ0) is 21.0. The smallest absolute Gasteiger partial charge is 0.417 e. The minimum atomic E-state index is -4.61. The van der Waals surface area contributed by atoms with Crippen LogP contribution in [0.1, 0.15) is 11.1 Å².